The molecule has 0 saturated heterocycles. The second-order valence-corrected chi connectivity index (χ2v) is 5.43. The van der Waals surface area contributed by atoms with Crippen molar-refractivity contribution >= 4 is 22.5 Å². The van der Waals surface area contributed by atoms with Gasteiger partial charge >= 0.3 is 0 Å². The molecule has 2 aromatic carbocycles. The van der Waals surface area contributed by atoms with Crippen LogP contribution in [0.15, 0.2) is 53.3 Å². The summed E-state index contributed by atoms with van der Waals surface area (Å²) in [5, 5.41) is 3.61. The lowest BCUT2D eigenvalue weighted by Crippen LogP contribution is -2.23. The minimum absolute atomic E-state index is 0.109. The summed E-state index contributed by atoms with van der Waals surface area (Å²) in [4.78, 5) is 27.2. The molecule has 0 fully saturated rings. The molecule has 0 atom stereocenters. The summed E-state index contributed by atoms with van der Waals surface area (Å²) in [5.74, 6) is -0.406. The third kappa shape index (κ3) is 2.76. The summed E-state index contributed by atoms with van der Waals surface area (Å²) < 4.78 is 0. The van der Waals surface area contributed by atoms with E-state index in [1.807, 2.05) is 56.3 Å². The number of carbonyl (C=O) groups is 1. The van der Waals surface area contributed by atoms with Crippen LogP contribution in [0.3, 0.4) is 0 Å². The maximum absolute atomic E-state index is 12.4. The Hall–Kier alpha value is -2.88. The Labute approximate surface area is 127 Å². The van der Waals surface area contributed by atoms with E-state index in [-0.39, 0.29) is 11.1 Å². The molecule has 0 spiro atoms. The van der Waals surface area contributed by atoms with Gasteiger partial charge in [0.25, 0.3) is 11.5 Å². The van der Waals surface area contributed by atoms with Crippen LogP contribution in [0.1, 0.15) is 21.5 Å². The number of aryl methyl sites for hydroxylation is 2. The molecule has 1 heterocycles. The third-order valence-corrected chi connectivity index (χ3v) is 3.48. The smallest absolute Gasteiger partial charge is 0.261 e. The lowest BCUT2D eigenvalue weighted by molar-refractivity contribution is 0.102. The summed E-state index contributed by atoms with van der Waals surface area (Å²) >= 11 is 0. The van der Waals surface area contributed by atoms with Crippen LogP contribution in [0.25, 0.3) is 10.9 Å². The first-order chi connectivity index (χ1) is 10.5. The zero-order chi connectivity index (χ0) is 15.7. The van der Waals surface area contributed by atoms with Gasteiger partial charge in [0.1, 0.15) is 5.56 Å². The van der Waals surface area contributed by atoms with Crippen molar-refractivity contribution < 1.29 is 4.79 Å². The topological polar surface area (TPSA) is 62.0 Å². The fraction of sp³-hybridized carbons (Fsp3) is 0.111. The number of H-pyrrole nitrogens is 1. The Morgan fingerprint density at radius 3 is 2.41 bits per heavy atom. The summed E-state index contributed by atoms with van der Waals surface area (Å²) in [6.07, 6.45) is 0. The number of rotatable bonds is 2. The molecule has 0 aliphatic rings. The van der Waals surface area contributed by atoms with Gasteiger partial charge in [-0.15, -0.1) is 0 Å². The molecule has 22 heavy (non-hydrogen) atoms. The molecular formula is C18H16N2O2. The summed E-state index contributed by atoms with van der Waals surface area (Å²) in [6, 6.07) is 14.8. The van der Waals surface area contributed by atoms with E-state index in [0.717, 1.165) is 22.0 Å². The highest BCUT2D eigenvalue weighted by atomic mass is 16.2. The average Bonchev–Trinajstić information content (AvgIpc) is 2.45. The molecule has 3 rings (SSSR count). The van der Waals surface area contributed by atoms with Crippen molar-refractivity contribution in [2.75, 3.05) is 5.32 Å². The molecule has 2 N–H and O–H groups in total. The van der Waals surface area contributed by atoms with Gasteiger partial charge in [0.05, 0.1) is 0 Å². The maximum atomic E-state index is 12.4. The largest absolute Gasteiger partial charge is 0.322 e. The maximum Gasteiger partial charge on any atom is 0.261 e. The number of aromatic nitrogens is 1. The predicted molar refractivity (Wildman–Crippen MR) is 88.4 cm³/mol. The number of benzene rings is 2. The predicted octanol–water partition coefficient (Wildman–Crippen LogP) is 3.40. The van der Waals surface area contributed by atoms with Crippen molar-refractivity contribution in [3.05, 3.63) is 75.6 Å². The summed E-state index contributed by atoms with van der Waals surface area (Å²) in [7, 11) is 0. The van der Waals surface area contributed by atoms with E-state index in [0.29, 0.717) is 5.69 Å². The fourth-order valence-electron chi connectivity index (χ4n) is 2.56. The normalized spacial score (nSPS) is 10.6. The molecule has 0 radical (unpaired) electrons. The van der Waals surface area contributed by atoms with Crippen LogP contribution in [0.2, 0.25) is 0 Å². The Bertz CT molecular complexity index is 906. The number of fused-ring (bicyclic) bond motifs is 1. The number of hydrogen-bond donors (Lipinski definition) is 2. The van der Waals surface area contributed by atoms with Gasteiger partial charge in [0.15, 0.2) is 0 Å². The molecule has 1 amide bonds. The van der Waals surface area contributed by atoms with Crippen molar-refractivity contribution in [2.45, 2.75) is 13.8 Å². The zero-order valence-electron chi connectivity index (χ0n) is 12.4. The van der Waals surface area contributed by atoms with Gasteiger partial charge in [-0.25, -0.2) is 0 Å². The summed E-state index contributed by atoms with van der Waals surface area (Å²) in [6.45, 7) is 3.93. The Kier molecular flexibility index (Phi) is 3.51. The number of anilines is 1. The van der Waals surface area contributed by atoms with Gasteiger partial charge in [-0.2, -0.15) is 0 Å². The number of para-hydroxylation sites is 1. The van der Waals surface area contributed by atoms with Gasteiger partial charge in [-0.1, -0.05) is 24.3 Å². The molecule has 110 valence electrons. The highest BCUT2D eigenvalue weighted by molar-refractivity contribution is 6.05. The van der Waals surface area contributed by atoms with Crippen molar-refractivity contribution in [1.82, 2.24) is 4.98 Å². The molecule has 4 heteroatoms. The second-order valence-electron chi connectivity index (χ2n) is 5.43. The Morgan fingerprint density at radius 1 is 1.00 bits per heavy atom. The van der Waals surface area contributed by atoms with Crippen molar-refractivity contribution in [3.63, 3.8) is 0 Å². The van der Waals surface area contributed by atoms with Gasteiger partial charge in [0, 0.05) is 11.2 Å². The van der Waals surface area contributed by atoms with Crippen LogP contribution in [0.5, 0.6) is 0 Å². The molecule has 0 saturated carbocycles. The van der Waals surface area contributed by atoms with Crippen molar-refractivity contribution in [1.29, 1.82) is 0 Å². The number of amides is 1. The molecule has 4 nitrogen and oxygen atoms in total. The first-order valence-electron chi connectivity index (χ1n) is 7.04. The van der Waals surface area contributed by atoms with E-state index < -0.39 is 5.91 Å². The van der Waals surface area contributed by atoms with Gasteiger partial charge in [-0.3, -0.25) is 9.59 Å². The SMILES string of the molecule is Cc1cc(C)cc(NC(=O)c2cc3ccccc3[nH]c2=O)c1. The minimum atomic E-state index is -0.406. The molecule has 0 aliphatic heterocycles. The standard InChI is InChI=1S/C18H16N2O2/c1-11-7-12(2)9-14(8-11)19-17(21)15-10-13-5-3-4-6-16(13)20-18(15)22/h3-10H,1-2H3,(H,19,21)(H,20,22). The lowest BCUT2D eigenvalue weighted by Gasteiger charge is -2.08. The number of aromatic amines is 1. The Balaban J connectivity index is 1.98. The molecule has 0 bridgehead atoms. The van der Waals surface area contributed by atoms with E-state index in [1.54, 1.807) is 6.07 Å². The van der Waals surface area contributed by atoms with Crippen LogP contribution in [0, 0.1) is 13.8 Å². The van der Waals surface area contributed by atoms with Crippen molar-refractivity contribution in [3.8, 4) is 0 Å². The van der Waals surface area contributed by atoms with E-state index in [9.17, 15) is 9.59 Å². The molecule has 1 aromatic heterocycles. The average molecular weight is 292 g/mol. The van der Waals surface area contributed by atoms with E-state index in [4.69, 9.17) is 0 Å². The number of hydrogen-bond acceptors (Lipinski definition) is 2. The van der Waals surface area contributed by atoms with E-state index in [1.165, 1.54) is 0 Å². The molecular weight excluding hydrogens is 276 g/mol. The highest BCUT2D eigenvalue weighted by Crippen LogP contribution is 2.15. The number of nitrogens with one attached hydrogen (secondary N) is 2. The third-order valence-electron chi connectivity index (χ3n) is 3.48. The number of pyridine rings is 1. The fourth-order valence-corrected chi connectivity index (χ4v) is 2.56. The molecule has 3 aromatic rings. The molecule has 0 aliphatic carbocycles. The van der Waals surface area contributed by atoms with Crippen LogP contribution >= 0.6 is 0 Å². The van der Waals surface area contributed by atoms with E-state index >= 15 is 0 Å². The molecule has 0 unspecified atom stereocenters. The lowest BCUT2D eigenvalue weighted by atomic mass is 10.1. The van der Waals surface area contributed by atoms with Crippen LogP contribution in [0.4, 0.5) is 5.69 Å². The van der Waals surface area contributed by atoms with Gasteiger partial charge < -0.3 is 10.3 Å². The minimum Gasteiger partial charge on any atom is -0.322 e. The summed E-state index contributed by atoms with van der Waals surface area (Å²) in [5.41, 5.74) is 3.24. The second kappa shape index (κ2) is 5.48. The van der Waals surface area contributed by atoms with E-state index in [2.05, 4.69) is 10.3 Å². The Morgan fingerprint density at radius 2 is 1.68 bits per heavy atom. The quantitative estimate of drug-likeness (QED) is 0.760. The van der Waals surface area contributed by atoms with Crippen molar-refractivity contribution in [2.24, 2.45) is 0 Å². The first kappa shape index (κ1) is 14.1. The zero-order valence-corrected chi connectivity index (χ0v) is 12.4. The van der Waals surface area contributed by atoms with Gasteiger partial charge in [0.2, 0.25) is 0 Å². The van der Waals surface area contributed by atoms with Crippen LogP contribution in [-0.2, 0) is 0 Å². The van der Waals surface area contributed by atoms with Crippen LogP contribution < -0.4 is 10.9 Å². The highest BCUT2D eigenvalue weighted by Gasteiger charge is 2.12. The number of carbonyl (C=O) groups excluding carboxylic acids is 1. The van der Waals surface area contributed by atoms with Gasteiger partial charge in [-0.05, 0) is 54.6 Å². The monoisotopic (exact) mass is 292 g/mol. The first-order valence-corrected chi connectivity index (χ1v) is 7.04. The van der Waals surface area contributed by atoms with Crippen LogP contribution in [-0.4, -0.2) is 10.9 Å².